The van der Waals surface area contributed by atoms with Crippen molar-refractivity contribution in [3.8, 4) is 5.75 Å². The van der Waals surface area contributed by atoms with Gasteiger partial charge in [-0.2, -0.15) is 0 Å². The highest BCUT2D eigenvalue weighted by Crippen LogP contribution is 2.30. The van der Waals surface area contributed by atoms with Crippen LogP contribution in [0, 0.1) is 24.0 Å². The molecule has 2 aromatic rings. The molecule has 10 heteroatoms. The van der Waals surface area contributed by atoms with Gasteiger partial charge in [0.05, 0.1) is 12.0 Å². The molecule has 2 rings (SSSR count). The van der Waals surface area contributed by atoms with Crippen molar-refractivity contribution >= 4 is 21.4 Å². The Labute approximate surface area is 168 Å². The van der Waals surface area contributed by atoms with E-state index in [0.29, 0.717) is 28.1 Å². The Morgan fingerprint density at radius 2 is 1.76 bits per heavy atom. The maximum atomic E-state index is 12.8. The molecule has 1 N–H and O–H groups in total. The first-order chi connectivity index (χ1) is 13.6. The van der Waals surface area contributed by atoms with Crippen molar-refractivity contribution in [1.29, 1.82) is 0 Å². The van der Waals surface area contributed by atoms with Crippen LogP contribution in [0.4, 0.5) is 5.69 Å². The third kappa shape index (κ3) is 5.09. The lowest BCUT2D eigenvalue weighted by Gasteiger charge is -2.19. The van der Waals surface area contributed by atoms with E-state index in [4.69, 9.17) is 9.47 Å². The number of ether oxygens (including phenoxy) is 2. The number of hydrogen-bond acceptors (Lipinski definition) is 7. The SMILES string of the molecule is COc1ccccc1[C@@H](OC)C(=O)Nc1cc(C)c(S(=O)(=O)C[N+](=O)[O-])c(C)c1. The Morgan fingerprint density at radius 1 is 1.17 bits per heavy atom. The highest BCUT2D eigenvalue weighted by molar-refractivity contribution is 7.91. The molecule has 156 valence electrons. The van der Waals surface area contributed by atoms with E-state index in [2.05, 4.69) is 5.32 Å². The molecule has 0 bridgehead atoms. The van der Waals surface area contributed by atoms with Gasteiger partial charge in [-0.1, -0.05) is 18.2 Å². The lowest BCUT2D eigenvalue weighted by atomic mass is 10.1. The number of aryl methyl sites for hydroxylation is 2. The van der Waals surface area contributed by atoms with Crippen molar-refractivity contribution in [3.63, 3.8) is 0 Å². The molecule has 0 aliphatic carbocycles. The fraction of sp³-hybridized carbons (Fsp3) is 0.316. The molecule has 0 spiro atoms. The summed E-state index contributed by atoms with van der Waals surface area (Å²) in [5.74, 6) is -1.18. The van der Waals surface area contributed by atoms with E-state index in [1.807, 2.05) is 0 Å². The number of hydrogen-bond donors (Lipinski definition) is 1. The summed E-state index contributed by atoms with van der Waals surface area (Å²) in [6.45, 7) is 3.03. The highest BCUT2D eigenvalue weighted by atomic mass is 32.2. The average molecular weight is 422 g/mol. The van der Waals surface area contributed by atoms with Crippen molar-refractivity contribution in [1.82, 2.24) is 0 Å². The molecule has 0 aromatic heterocycles. The quantitative estimate of drug-likeness (QED) is 0.512. The first kappa shape index (κ1) is 22.3. The van der Waals surface area contributed by atoms with Gasteiger partial charge in [-0.3, -0.25) is 14.9 Å². The minimum absolute atomic E-state index is 0.111. The summed E-state index contributed by atoms with van der Waals surface area (Å²) in [5.41, 5.74) is 1.48. The molecule has 2 aromatic carbocycles. The summed E-state index contributed by atoms with van der Waals surface area (Å²) in [6, 6.07) is 9.83. The molecule has 0 heterocycles. The van der Waals surface area contributed by atoms with Crippen LogP contribution in [0.2, 0.25) is 0 Å². The number of methoxy groups -OCH3 is 2. The largest absolute Gasteiger partial charge is 0.496 e. The summed E-state index contributed by atoms with van der Waals surface area (Å²) in [5, 5.41) is 13.4. The van der Waals surface area contributed by atoms with Crippen LogP contribution >= 0.6 is 0 Å². The van der Waals surface area contributed by atoms with E-state index in [1.54, 1.807) is 24.3 Å². The average Bonchev–Trinajstić information content (AvgIpc) is 2.60. The zero-order chi connectivity index (χ0) is 21.8. The number of carbonyl (C=O) groups is 1. The van der Waals surface area contributed by atoms with Gasteiger partial charge in [0.15, 0.2) is 6.10 Å². The molecule has 9 nitrogen and oxygen atoms in total. The molecule has 1 atom stereocenters. The third-order valence-electron chi connectivity index (χ3n) is 4.21. The van der Waals surface area contributed by atoms with Crippen LogP contribution in [0.25, 0.3) is 0 Å². The molecule has 0 aliphatic heterocycles. The molecular formula is C19H22N2O7S. The second-order valence-corrected chi connectivity index (χ2v) is 8.26. The molecule has 0 unspecified atom stereocenters. The molecule has 1 amide bonds. The Morgan fingerprint density at radius 3 is 2.28 bits per heavy atom. The van der Waals surface area contributed by atoms with Gasteiger partial charge >= 0.3 is 5.88 Å². The van der Waals surface area contributed by atoms with E-state index >= 15 is 0 Å². The van der Waals surface area contributed by atoms with Crippen LogP contribution < -0.4 is 10.1 Å². The molecule has 0 saturated carbocycles. The number of carbonyl (C=O) groups excluding carboxylic acids is 1. The lowest BCUT2D eigenvalue weighted by molar-refractivity contribution is -0.458. The predicted octanol–water partition coefficient (Wildman–Crippen LogP) is 2.65. The lowest BCUT2D eigenvalue weighted by Crippen LogP contribution is -2.23. The maximum Gasteiger partial charge on any atom is 0.305 e. The fourth-order valence-corrected chi connectivity index (χ4v) is 4.69. The van der Waals surface area contributed by atoms with Crippen molar-refractivity contribution < 1.29 is 27.6 Å². The summed E-state index contributed by atoms with van der Waals surface area (Å²) < 4.78 is 35.1. The Kier molecular flexibility index (Phi) is 6.93. The van der Waals surface area contributed by atoms with Gasteiger partial charge in [0, 0.05) is 23.3 Å². The Balaban J connectivity index is 2.34. The summed E-state index contributed by atoms with van der Waals surface area (Å²) in [6.07, 6.45) is -0.954. The van der Waals surface area contributed by atoms with Gasteiger partial charge in [-0.25, -0.2) is 8.42 Å². The van der Waals surface area contributed by atoms with Gasteiger partial charge < -0.3 is 14.8 Å². The zero-order valence-electron chi connectivity index (χ0n) is 16.5. The van der Waals surface area contributed by atoms with Crippen LogP contribution in [0.15, 0.2) is 41.3 Å². The van der Waals surface area contributed by atoms with Gasteiger partial charge in [0.25, 0.3) is 5.91 Å². The minimum atomic E-state index is -4.09. The number of para-hydroxylation sites is 1. The third-order valence-corrected chi connectivity index (χ3v) is 6.03. The van der Waals surface area contributed by atoms with E-state index in [0.717, 1.165) is 0 Å². The van der Waals surface area contributed by atoms with E-state index < -0.39 is 32.6 Å². The number of nitrogens with zero attached hydrogens (tertiary/aromatic N) is 1. The Bertz CT molecular complexity index is 1010. The van der Waals surface area contributed by atoms with Crippen LogP contribution in [0.1, 0.15) is 22.8 Å². The van der Waals surface area contributed by atoms with Gasteiger partial charge in [-0.05, 0) is 43.2 Å². The van der Waals surface area contributed by atoms with Crippen molar-refractivity contribution in [3.05, 3.63) is 63.2 Å². The Hall–Kier alpha value is -2.98. The monoisotopic (exact) mass is 422 g/mol. The standard InChI is InChI=1S/C19H22N2O7S/c1-12-9-14(10-13(2)18(12)29(25,26)11-21(23)24)20-19(22)17(28-4)15-7-5-6-8-16(15)27-3/h5-10,17H,11H2,1-4H3,(H,20,22)/t17-/m1/s1. The van der Waals surface area contributed by atoms with Crippen LogP contribution in [-0.2, 0) is 19.4 Å². The maximum absolute atomic E-state index is 12.8. The number of rotatable bonds is 8. The van der Waals surface area contributed by atoms with Crippen LogP contribution in [0.3, 0.4) is 0 Å². The smallest absolute Gasteiger partial charge is 0.305 e. The molecule has 0 fully saturated rings. The summed E-state index contributed by atoms with van der Waals surface area (Å²) in [4.78, 5) is 22.4. The van der Waals surface area contributed by atoms with Crippen LogP contribution in [0.5, 0.6) is 5.75 Å². The van der Waals surface area contributed by atoms with Crippen molar-refractivity contribution in [2.45, 2.75) is 24.8 Å². The van der Waals surface area contributed by atoms with E-state index in [-0.39, 0.29) is 4.90 Å². The first-order valence-electron chi connectivity index (χ1n) is 8.53. The number of anilines is 1. The molecular weight excluding hydrogens is 400 g/mol. The highest BCUT2D eigenvalue weighted by Gasteiger charge is 2.27. The second kappa shape index (κ2) is 9.01. The summed E-state index contributed by atoms with van der Waals surface area (Å²) >= 11 is 0. The van der Waals surface area contributed by atoms with Crippen molar-refractivity contribution in [2.24, 2.45) is 0 Å². The fourth-order valence-electron chi connectivity index (χ4n) is 3.18. The van der Waals surface area contributed by atoms with Crippen molar-refractivity contribution in [2.75, 3.05) is 25.4 Å². The van der Waals surface area contributed by atoms with Gasteiger partial charge in [-0.15, -0.1) is 0 Å². The molecule has 0 saturated heterocycles. The number of amides is 1. The normalized spacial score (nSPS) is 12.3. The second-order valence-electron chi connectivity index (χ2n) is 6.36. The van der Waals surface area contributed by atoms with Gasteiger partial charge in [0.1, 0.15) is 5.75 Å². The van der Waals surface area contributed by atoms with E-state index in [9.17, 15) is 23.3 Å². The number of nitrogens with one attached hydrogen (secondary N) is 1. The zero-order valence-corrected chi connectivity index (χ0v) is 17.3. The first-order valence-corrected chi connectivity index (χ1v) is 10.2. The van der Waals surface area contributed by atoms with Crippen LogP contribution in [-0.4, -0.2) is 39.3 Å². The molecule has 29 heavy (non-hydrogen) atoms. The number of nitro groups is 1. The predicted molar refractivity (Wildman–Crippen MR) is 106 cm³/mol. The number of benzene rings is 2. The minimum Gasteiger partial charge on any atom is -0.496 e. The number of sulfone groups is 1. The summed E-state index contributed by atoms with van der Waals surface area (Å²) in [7, 11) is -1.22. The molecule has 0 aliphatic rings. The van der Waals surface area contributed by atoms with E-state index in [1.165, 1.54) is 40.2 Å². The molecule has 0 radical (unpaired) electrons. The van der Waals surface area contributed by atoms with Gasteiger partial charge in [0.2, 0.25) is 9.84 Å². The topological polar surface area (TPSA) is 125 Å².